The van der Waals surface area contributed by atoms with E-state index in [4.69, 9.17) is 0 Å². The van der Waals surface area contributed by atoms with Crippen molar-refractivity contribution in [3.8, 4) is 5.69 Å². The molecule has 172 valence electrons. The Morgan fingerprint density at radius 1 is 0.941 bits per heavy atom. The molecule has 2 amide bonds. The lowest BCUT2D eigenvalue weighted by atomic mass is 10.00. The number of rotatable bonds is 2. The van der Waals surface area contributed by atoms with Gasteiger partial charge in [0.15, 0.2) is 0 Å². The molecule has 4 aromatic rings. The van der Waals surface area contributed by atoms with E-state index in [9.17, 15) is 18.0 Å². The van der Waals surface area contributed by atoms with Crippen LogP contribution in [0.15, 0.2) is 91.1 Å². The molecular weight excluding hydrogens is 439 g/mol. The number of benzene rings is 3. The molecule has 0 saturated heterocycles. The van der Waals surface area contributed by atoms with E-state index in [1.807, 2.05) is 78.4 Å². The summed E-state index contributed by atoms with van der Waals surface area (Å²) < 4.78 is 42.8. The second-order valence-electron chi connectivity index (χ2n) is 8.35. The Bertz CT molecular complexity index is 1360. The first-order chi connectivity index (χ1) is 16.3. The van der Waals surface area contributed by atoms with E-state index in [0.29, 0.717) is 0 Å². The molecule has 1 N–H and O–H groups in total. The summed E-state index contributed by atoms with van der Waals surface area (Å²) in [4.78, 5) is 15.2. The summed E-state index contributed by atoms with van der Waals surface area (Å²) in [7, 11) is 0. The summed E-state index contributed by atoms with van der Waals surface area (Å²) in [5, 5.41) is 2.54. The Morgan fingerprint density at radius 2 is 1.71 bits per heavy atom. The molecule has 0 unspecified atom stereocenters. The molecule has 7 heteroatoms. The van der Waals surface area contributed by atoms with Gasteiger partial charge in [-0.1, -0.05) is 60.2 Å². The number of amides is 2. The van der Waals surface area contributed by atoms with Gasteiger partial charge in [0.05, 0.1) is 29.5 Å². The van der Waals surface area contributed by atoms with Crippen LogP contribution < -0.4 is 5.32 Å². The van der Waals surface area contributed by atoms with Crippen molar-refractivity contribution in [2.75, 3.05) is 5.32 Å². The molecule has 34 heavy (non-hydrogen) atoms. The molecule has 4 nitrogen and oxygen atoms in total. The minimum atomic E-state index is -4.58. The van der Waals surface area contributed by atoms with E-state index in [2.05, 4.69) is 5.32 Å². The van der Waals surface area contributed by atoms with E-state index in [-0.39, 0.29) is 12.2 Å². The van der Waals surface area contributed by atoms with Crippen LogP contribution in [-0.2, 0) is 12.7 Å². The summed E-state index contributed by atoms with van der Waals surface area (Å²) in [5.41, 5.74) is 3.45. The maximum atomic E-state index is 13.6. The van der Waals surface area contributed by atoms with Crippen LogP contribution in [0, 0.1) is 6.92 Å². The van der Waals surface area contributed by atoms with Gasteiger partial charge >= 0.3 is 12.2 Å². The zero-order valence-corrected chi connectivity index (χ0v) is 18.4. The Morgan fingerprint density at radius 3 is 2.50 bits per heavy atom. The highest BCUT2D eigenvalue weighted by atomic mass is 19.4. The average molecular weight is 461 g/mol. The van der Waals surface area contributed by atoms with Gasteiger partial charge in [0.2, 0.25) is 0 Å². The molecule has 0 fully saturated rings. The molecule has 0 radical (unpaired) electrons. The van der Waals surface area contributed by atoms with Crippen LogP contribution in [0.25, 0.3) is 5.69 Å². The third-order valence-corrected chi connectivity index (χ3v) is 6.06. The monoisotopic (exact) mass is 461 g/mol. The topological polar surface area (TPSA) is 37.3 Å². The number of fused-ring (bicyclic) bond motifs is 3. The lowest BCUT2D eigenvalue weighted by Gasteiger charge is -2.31. The number of nitrogens with zero attached hydrogens (tertiary/aromatic N) is 2. The highest BCUT2D eigenvalue weighted by Crippen LogP contribution is 2.38. The zero-order chi connectivity index (χ0) is 23.9. The molecule has 0 aliphatic carbocycles. The molecule has 0 spiro atoms. The van der Waals surface area contributed by atoms with Crippen LogP contribution in [0.3, 0.4) is 0 Å². The van der Waals surface area contributed by atoms with E-state index in [0.717, 1.165) is 34.1 Å². The van der Waals surface area contributed by atoms with E-state index >= 15 is 0 Å². The molecule has 5 rings (SSSR count). The fourth-order valence-corrected chi connectivity index (χ4v) is 4.56. The smallest absolute Gasteiger partial charge is 0.318 e. The standard InChI is InChI=1S/C27H22F3N3O/c1-18-8-6-10-19(16-18)25-24-14-7-15-32(24)23-13-5-2-9-20(23)17-33(25)26(34)31-22-12-4-3-11-21(22)27(28,29)30/h2-16,25H,17H2,1H3,(H,31,34)/t25-/m0/s1. The number of aromatic nitrogens is 1. The van der Waals surface area contributed by atoms with Crippen LogP contribution >= 0.6 is 0 Å². The number of hydrogen-bond acceptors (Lipinski definition) is 1. The lowest BCUT2D eigenvalue weighted by molar-refractivity contribution is -0.136. The van der Waals surface area contributed by atoms with Crippen molar-refractivity contribution in [1.82, 2.24) is 9.47 Å². The second kappa shape index (κ2) is 8.41. The molecular formula is C27H22F3N3O. The quantitative estimate of drug-likeness (QED) is 0.345. The summed E-state index contributed by atoms with van der Waals surface area (Å²) in [6.07, 6.45) is -2.64. The molecule has 1 aromatic heterocycles. The van der Waals surface area contributed by atoms with Gasteiger partial charge < -0.3 is 14.8 Å². The Balaban J connectivity index is 1.63. The van der Waals surface area contributed by atoms with Crippen LogP contribution in [0.2, 0.25) is 0 Å². The number of para-hydroxylation sites is 2. The normalized spacial score (nSPS) is 15.3. The van der Waals surface area contributed by atoms with Crippen molar-refractivity contribution in [3.63, 3.8) is 0 Å². The fourth-order valence-electron chi connectivity index (χ4n) is 4.56. The minimum Gasteiger partial charge on any atom is -0.318 e. The van der Waals surface area contributed by atoms with Gasteiger partial charge in [0, 0.05) is 11.9 Å². The predicted octanol–water partition coefficient (Wildman–Crippen LogP) is 6.94. The SMILES string of the molecule is Cc1cccc([C@H]2c3cccn3-c3ccccc3CN2C(=O)Nc2ccccc2C(F)(F)F)c1. The molecule has 0 bridgehead atoms. The van der Waals surface area contributed by atoms with Crippen LogP contribution in [0.4, 0.5) is 23.7 Å². The van der Waals surface area contributed by atoms with Crippen LogP contribution in [0.1, 0.15) is 34.0 Å². The van der Waals surface area contributed by atoms with Gasteiger partial charge in [0.1, 0.15) is 0 Å². The molecule has 3 aromatic carbocycles. The number of carbonyl (C=O) groups is 1. The molecule has 1 atom stereocenters. The maximum absolute atomic E-state index is 13.6. The highest BCUT2D eigenvalue weighted by molar-refractivity contribution is 5.91. The number of hydrogen-bond donors (Lipinski definition) is 1. The summed E-state index contributed by atoms with van der Waals surface area (Å²) in [6.45, 7) is 2.20. The highest BCUT2D eigenvalue weighted by Gasteiger charge is 2.36. The third-order valence-electron chi connectivity index (χ3n) is 6.06. The van der Waals surface area contributed by atoms with Crippen molar-refractivity contribution in [2.24, 2.45) is 0 Å². The van der Waals surface area contributed by atoms with Gasteiger partial charge in [0.25, 0.3) is 0 Å². The number of halogens is 3. The van der Waals surface area contributed by atoms with Gasteiger partial charge in [-0.25, -0.2) is 4.79 Å². The van der Waals surface area contributed by atoms with E-state index in [1.54, 1.807) is 4.90 Å². The number of nitrogens with one attached hydrogen (secondary N) is 1. The Kier molecular flexibility index (Phi) is 5.40. The number of aryl methyl sites for hydroxylation is 1. The van der Waals surface area contributed by atoms with Crippen molar-refractivity contribution in [1.29, 1.82) is 0 Å². The number of alkyl halides is 3. The van der Waals surface area contributed by atoms with Crippen LogP contribution in [0.5, 0.6) is 0 Å². The second-order valence-corrected chi connectivity index (χ2v) is 8.35. The third kappa shape index (κ3) is 3.94. The Labute approximate surface area is 195 Å². The largest absolute Gasteiger partial charge is 0.418 e. The van der Waals surface area contributed by atoms with E-state index < -0.39 is 23.8 Å². The summed E-state index contributed by atoms with van der Waals surface area (Å²) in [6, 6.07) is 23.3. The number of anilines is 1. The predicted molar refractivity (Wildman–Crippen MR) is 125 cm³/mol. The van der Waals surface area contributed by atoms with Gasteiger partial charge in [-0.2, -0.15) is 13.2 Å². The van der Waals surface area contributed by atoms with Crippen molar-refractivity contribution in [2.45, 2.75) is 25.7 Å². The maximum Gasteiger partial charge on any atom is 0.418 e. The summed E-state index contributed by atoms with van der Waals surface area (Å²) in [5.74, 6) is 0. The first-order valence-corrected chi connectivity index (χ1v) is 10.9. The van der Waals surface area contributed by atoms with E-state index in [1.165, 1.54) is 18.2 Å². The van der Waals surface area contributed by atoms with Gasteiger partial charge in [-0.3, -0.25) is 0 Å². The number of urea groups is 1. The van der Waals surface area contributed by atoms with Crippen LogP contribution in [-0.4, -0.2) is 15.5 Å². The minimum absolute atomic E-state index is 0.233. The zero-order valence-electron chi connectivity index (χ0n) is 18.4. The first kappa shape index (κ1) is 21.8. The fraction of sp³-hybridized carbons (Fsp3) is 0.148. The lowest BCUT2D eigenvalue weighted by Crippen LogP contribution is -2.38. The van der Waals surface area contributed by atoms with Gasteiger partial charge in [-0.05, 0) is 48.4 Å². The number of carbonyl (C=O) groups excluding carboxylic acids is 1. The van der Waals surface area contributed by atoms with Crippen molar-refractivity contribution in [3.05, 3.63) is 119 Å². The summed E-state index contributed by atoms with van der Waals surface area (Å²) >= 11 is 0. The molecule has 1 aliphatic rings. The van der Waals surface area contributed by atoms with Crippen molar-refractivity contribution >= 4 is 11.7 Å². The molecule has 1 aliphatic heterocycles. The van der Waals surface area contributed by atoms with Gasteiger partial charge in [-0.15, -0.1) is 0 Å². The Hall–Kier alpha value is -4.00. The first-order valence-electron chi connectivity index (χ1n) is 10.9. The molecule has 0 saturated carbocycles. The van der Waals surface area contributed by atoms with Crippen molar-refractivity contribution < 1.29 is 18.0 Å². The average Bonchev–Trinajstić information content (AvgIpc) is 3.23. The molecule has 2 heterocycles.